The normalized spacial score (nSPS) is 17.0. The van der Waals surface area contributed by atoms with Crippen molar-refractivity contribution >= 4 is 0 Å². The molecule has 0 radical (unpaired) electrons. The number of methoxy groups -OCH3 is 1. The van der Waals surface area contributed by atoms with Gasteiger partial charge in [-0.15, -0.1) is 0 Å². The smallest absolute Gasteiger partial charge is 0.135 e. The second kappa shape index (κ2) is 6.87. The van der Waals surface area contributed by atoms with E-state index in [0.29, 0.717) is 5.92 Å². The van der Waals surface area contributed by atoms with Crippen LogP contribution >= 0.6 is 0 Å². The summed E-state index contributed by atoms with van der Waals surface area (Å²) < 4.78 is 10.8. The summed E-state index contributed by atoms with van der Waals surface area (Å²) in [7, 11) is 1.71. The van der Waals surface area contributed by atoms with Crippen molar-refractivity contribution in [3.8, 4) is 0 Å². The molecule has 0 amide bonds. The fourth-order valence-corrected chi connectivity index (χ4v) is 2.03. The van der Waals surface area contributed by atoms with Gasteiger partial charge in [0.1, 0.15) is 11.9 Å². The van der Waals surface area contributed by atoms with E-state index in [9.17, 15) is 0 Å². The molecule has 5 heteroatoms. The van der Waals surface area contributed by atoms with Crippen LogP contribution in [0.15, 0.2) is 6.20 Å². The van der Waals surface area contributed by atoms with Gasteiger partial charge in [0.15, 0.2) is 0 Å². The first-order valence-corrected chi connectivity index (χ1v) is 6.70. The third-order valence-electron chi connectivity index (χ3n) is 3.11. The Morgan fingerprint density at radius 1 is 1.56 bits per heavy atom. The van der Waals surface area contributed by atoms with Crippen LogP contribution in [0.1, 0.15) is 37.4 Å². The molecule has 2 N–H and O–H groups in total. The van der Waals surface area contributed by atoms with Gasteiger partial charge < -0.3 is 19.8 Å². The Bertz CT molecular complexity index is 350. The topological polar surface area (TPSA) is 59.2 Å². The van der Waals surface area contributed by atoms with Crippen LogP contribution in [0.3, 0.4) is 0 Å². The van der Waals surface area contributed by atoms with Gasteiger partial charge in [0.2, 0.25) is 0 Å². The quantitative estimate of drug-likeness (QED) is 0.657. The van der Waals surface area contributed by atoms with E-state index in [4.69, 9.17) is 9.47 Å². The van der Waals surface area contributed by atoms with Crippen LogP contribution in [0.5, 0.6) is 0 Å². The maximum absolute atomic E-state index is 5.77. The summed E-state index contributed by atoms with van der Waals surface area (Å²) >= 11 is 0. The van der Waals surface area contributed by atoms with Gasteiger partial charge in [-0.1, -0.05) is 0 Å². The molecule has 1 fully saturated rings. The summed E-state index contributed by atoms with van der Waals surface area (Å²) in [6.45, 7) is 5.14. The van der Waals surface area contributed by atoms with Crippen LogP contribution < -0.4 is 5.32 Å². The van der Waals surface area contributed by atoms with Crippen LogP contribution in [0.25, 0.3) is 0 Å². The molecule has 0 spiro atoms. The van der Waals surface area contributed by atoms with Crippen molar-refractivity contribution in [3.63, 3.8) is 0 Å². The Labute approximate surface area is 108 Å². The molecule has 1 aromatic heterocycles. The zero-order valence-corrected chi connectivity index (χ0v) is 11.2. The monoisotopic (exact) mass is 253 g/mol. The number of hydrogen-bond donors (Lipinski definition) is 2. The van der Waals surface area contributed by atoms with Crippen molar-refractivity contribution in [2.45, 2.75) is 32.4 Å². The number of aromatic nitrogens is 2. The molecule has 18 heavy (non-hydrogen) atoms. The fraction of sp³-hybridized carbons (Fsp3) is 0.769. The van der Waals surface area contributed by atoms with Gasteiger partial charge >= 0.3 is 0 Å². The Balaban J connectivity index is 1.83. The highest BCUT2D eigenvalue weighted by Crippen LogP contribution is 2.42. The van der Waals surface area contributed by atoms with E-state index in [2.05, 4.69) is 15.3 Å². The second-order valence-electron chi connectivity index (χ2n) is 4.68. The second-order valence-corrected chi connectivity index (χ2v) is 4.68. The number of nitrogens with zero attached hydrogens (tertiary/aromatic N) is 1. The molecule has 1 aliphatic carbocycles. The minimum absolute atomic E-state index is 0.155. The maximum Gasteiger partial charge on any atom is 0.135 e. The molecule has 1 aliphatic rings. The average Bonchev–Trinajstić information content (AvgIpc) is 3.11. The molecule has 0 aliphatic heterocycles. The van der Waals surface area contributed by atoms with E-state index in [0.717, 1.165) is 37.8 Å². The summed E-state index contributed by atoms with van der Waals surface area (Å²) in [6, 6.07) is 0. The van der Waals surface area contributed by atoms with Gasteiger partial charge in [-0.3, -0.25) is 0 Å². The largest absolute Gasteiger partial charge is 0.383 e. The van der Waals surface area contributed by atoms with Gasteiger partial charge in [0.05, 0.1) is 6.61 Å². The Morgan fingerprint density at radius 3 is 3.06 bits per heavy atom. The zero-order chi connectivity index (χ0) is 12.8. The van der Waals surface area contributed by atoms with Gasteiger partial charge in [-0.25, -0.2) is 4.98 Å². The van der Waals surface area contributed by atoms with Gasteiger partial charge in [0.25, 0.3) is 0 Å². The van der Waals surface area contributed by atoms with Crippen LogP contribution in [0.2, 0.25) is 0 Å². The molecule has 1 unspecified atom stereocenters. The highest BCUT2D eigenvalue weighted by molar-refractivity contribution is 5.06. The minimum atomic E-state index is 0.155. The Hall–Kier alpha value is -0.910. The van der Waals surface area contributed by atoms with E-state index in [1.807, 2.05) is 13.1 Å². The zero-order valence-electron chi connectivity index (χ0n) is 11.2. The molecule has 1 atom stereocenters. The maximum atomic E-state index is 5.77. The molecule has 1 heterocycles. The number of imidazole rings is 1. The lowest BCUT2D eigenvalue weighted by Crippen LogP contribution is -2.18. The minimum Gasteiger partial charge on any atom is -0.383 e. The molecule has 0 saturated heterocycles. The summed E-state index contributed by atoms with van der Waals surface area (Å²) in [5.74, 6) is 1.63. The molecule has 1 saturated carbocycles. The first-order chi connectivity index (χ1) is 8.85. The summed E-state index contributed by atoms with van der Waals surface area (Å²) in [6.07, 6.45) is 4.56. The van der Waals surface area contributed by atoms with Crippen molar-refractivity contribution < 1.29 is 9.47 Å². The third-order valence-corrected chi connectivity index (χ3v) is 3.11. The molecule has 102 valence electrons. The number of rotatable bonds is 9. The predicted molar refractivity (Wildman–Crippen MR) is 69.3 cm³/mol. The van der Waals surface area contributed by atoms with Crippen molar-refractivity contribution in [1.29, 1.82) is 0 Å². The highest BCUT2D eigenvalue weighted by Gasteiger charge is 2.34. The summed E-state index contributed by atoms with van der Waals surface area (Å²) in [5.41, 5.74) is 1.10. The average molecular weight is 253 g/mol. The van der Waals surface area contributed by atoms with Gasteiger partial charge in [-0.2, -0.15) is 0 Å². The van der Waals surface area contributed by atoms with Crippen LogP contribution in [-0.2, 0) is 16.0 Å². The standard InChI is InChI=1S/C13H23N3O2/c1-3-18-12(10-4-5-10)13-15-9-11(16-13)8-14-6-7-17-2/h9-10,12,14H,3-8H2,1-2H3,(H,15,16). The molecular weight excluding hydrogens is 230 g/mol. The Morgan fingerprint density at radius 2 is 2.39 bits per heavy atom. The van der Waals surface area contributed by atoms with Gasteiger partial charge in [-0.05, 0) is 25.7 Å². The molecule has 1 aromatic rings. The van der Waals surface area contributed by atoms with Crippen molar-refractivity contribution in [2.24, 2.45) is 5.92 Å². The van der Waals surface area contributed by atoms with E-state index in [1.165, 1.54) is 12.8 Å². The van der Waals surface area contributed by atoms with Crippen molar-refractivity contribution in [2.75, 3.05) is 26.9 Å². The van der Waals surface area contributed by atoms with Gasteiger partial charge in [0, 0.05) is 38.7 Å². The van der Waals surface area contributed by atoms with Crippen LogP contribution in [-0.4, -0.2) is 36.8 Å². The fourth-order valence-electron chi connectivity index (χ4n) is 2.03. The molecule has 0 aromatic carbocycles. The first kappa shape index (κ1) is 13.5. The lowest BCUT2D eigenvalue weighted by atomic mass is 10.2. The van der Waals surface area contributed by atoms with E-state index >= 15 is 0 Å². The summed E-state index contributed by atoms with van der Waals surface area (Å²) in [5, 5.41) is 3.29. The number of H-pyrrole nitrogens is 1. The van der Waals surface area contributed by atoms with E-state index < -0.39 is 0 Å². The number of nitrogens with one attached hydrogen (secondary N) is 2. The number of aromatic amines is 1. The lowest BCUT2D eigenvalue weighted by Gasteiger charge is -2.13. The van der Waals surface area contributed by atoms with Crippen LogP contribution in [0, 0.1) is 5.92 Å². The van der Waals surface area contributed by atoms with Crippen molar-refractivity contribution in [3.05, 3.63) is 17.7 Å². The Kier molecular flexibility index (Phi) is 5.16. The first-order valence-electron chi connectivity index (χ1n) is 6.70. The van der Waals surface area contributed by atoms with Crippen LogP contribution in [0.4, 0.5) is 0 Å². The lowest BCUT2D eigenvalue weighted by molar-refractivity contribution is 0.0405. The highest BCUT2D eigenvalue weighted by atomic mass is 16.5. The molecule has 2 rings (SSSR count). The third kappa shape index (κ3) is 3.80. The van der Waals surface area contributed by atoms with E-state index in [-0.39, 0.29) is 6.10 Å². The SMILES string of the molecule is CCOC(c1ncc(CNCCOC)[nH]1)C1CC1. The molecule has 5 nitrogen and oxygen atoms in total. The summed E-state index contributed by atoms with van der Waals surface area (Å²) in [4.78, 5) is 7.80. The molecular formula is C13H23N3O2. The van der Waals surface area contributed by atoms with E-state index in [1.54, 1.807) is 7.11 Å². The van der Waals surface area contributed by atoms with Crippen molar-refractivity contribution in [1.82, 2.24) is 15.3 Å². The number of hydrogen-bond acceptors (Lipinski definition) is 4. The predicted octanol–water partition coefficient (Wildman–Crippen LogP) is 1.63. The molecule has 0 bridgehead atoms. The number of ether oxygens (including phenoxy) is 2.